The summed E-state index contributed by atoms with van der Waals surface area (Å²) in [5.41, 5.74) is 0. The number of aliphatic hydroxyl groups is 1. The Morgan fingerprint density at radius 1 is 0.274 bits per heavy atom. The molecule has 0 aromatic carbocycles. The topological polar surface area (TPSA) is 72.8 Å². The highest BCUT2D eigenvalue weighted by atomic mass is 16.6. The zero-order valence-electron chi connectivity index (χ0n) is 57.2. The van der Waals surface area contributed by atoms with E-state index in [1.807, 2.05) is 0 Å². The summed E-state index contributed by atoms with van der Waals surface area (Å²) in [6.45, 7) is 4.20. The van der Waals surface area contributed by atoms with Gasteiger partial charge in [-0.3, -0.25) is 9.59 Å². The smallest absolute Gasteiger partial charge is 0.306 e. The number of hydrogen-bond acceptors (Lipinski definition) is 5. The number of esters is 2. The number of unbranched alkanes of at least 4 members (excludes halogenated alkanes) is 59. The lowest BCUT2D eigenvalue weighted by Gasteiger charge is -2.15. The summed E-state index contributed by atoms with van der Waals surface area (Å²) < 4.78 is 10.8. The van der Waals surface area contributed by atoms with E-state index in [1.54, 1.807) is 0 Å². The first-order valence-corrected chi connectivity index (χ1v) is 38.5. The molecule has 0 rings (SSSR count). The average Bonchev–Trinajstić information content (AvgIpc) is 3.51. The van der Waals surface area contributed by atoms with Gasteiger partial charge in [-0.25, -0.2) is 0 Å². The highest BCUT2D eigenvalue weighted by Crippen LogP contribution is 2.20. The first-order chi connectivity index (χ1) is 41.6. The minimum Gasteiger partial charge on any atom is -0.462 e. The lowest BCUT2D eigenvalue weighted by molar-refractivity contribution is -0.161. The lowest BCUT2D eigenvalue weighted by atomic mass is 10.0. The van der Waals surface area contributed by atoms with Crippen molar-refractivity contribution in [2.24, 2.45) is 0 Å². The molecule has 0 aromatic rings. The molecule has 1 atom stereocenters. The Morgan fingerprint density at radius 3 is 0.714 bits per heavy atom. The third-order valence-electron chi connectivity index (χ3n) is 17.9. The molecule has 0 saturated heterocycles. The summed E-state index contributed by atoms with van der Waals surface area (Å²) in [7, 11) is 0. The van der Waals surface area contributed by atoms with Crippen molar-refractivity contribution in [3.05, 3.63) is 36.5 Å². The van der Waals surface area contributed by atoms with E-state index in [1.165, 1.54) is 366 Å². The van der Waals surface area contributed by atoms with E-state index >= 15 is 0 Å². The fourth-order valence-electron chi connectivity index (χ4n) is 12.2. The molecule has 0 heterocycles. The second kappa shape index (κ2) is 75.4. The second-order valence-electron chi connectivity index (χ2n) is 26.4. The number of ether oxygens (including phenoxy) is 2. The Hall–Kier alpha value is -1.88. The third-order valence-corrected chi connectivity index (χ3v) is 17.9. The summed E-state index contributed by atoms with van der Waals surface area (Å²) in [6, 6.07) is 0. The molecule has 5 nitrogen and oxygen atoms in total. The van der Waals surface area contributed by atoms with Gasteiger partial charge >= 0.3 is 11.9 Å². The largest absolute Gasteiger partial charge is 0.462 e. The molecule has 0 aromatic heterocycles. The Bertz CT molecular complexity index is 1340. The summed E-state index contributed by atoms with van der Waals surface area (Å²) >= 11 is 0. The van der Waals surface area contributed by atoms with Crippen LogP contribution in [0, 0.1) is 0 Å². The van der Waals surface area contributed by atoms with Crippen molar-refractivity contribution < 1.29 is 24.2 Å². The molecule has 0 radical (unpaired) electrons. The van der Waals surface area contributed by atoms with Gasteiger partial charge in [-0.15, -0.1) is 0 Å². The van der Waals surface area contributed by atoms with Crippen LogP contribution in [-0.4, -0.2) is 36.4 Å². The number of hydrogen-bond donors (Lipinski definition) is 1. The minimum atomic E-state index is -0.771. The van der Waals surface area contributed by atoms with E-state index in [9.17, 15) is 14.7 Å². The van der Waals surface area contributed by atoms with Crippen molar-refractivity contribution >= 4 is 11.9 Å². The fourth-order valence-corrected chi connectivity index (χ4v) is 12.2. The van der Waals surface area contributed by atoms with Crippen LogP contribution in [0.25, 0.3) is 0 Å². The molecule has 0 saturated carbocycles. The van der Waals surface area contributed by atoms with Crippen LogP contribution in [0.3, 0.4) is 0 Å². The van der Waals surface area contributed by atoms with Gasteiger partial charge in [0.1, 0.15) is 6.61 Å². The maximum absolute atomic E-state index is 12.4. The van der Waals surface area contributed by atoms with Crippen LogP contribution >= 0.6 is 0 Å². The average molecular weight is 1180 g/mol. The summed E-state index contributed by atoms with van der Waals surface area (Å²) in [4.78, 5) is 24.7. The molecule has 0 aliphatic rings. The predicted octanol–water partition coefficient (Wildman–Crippen LogP) is 26.9. The van der Waals surface area contributed by atoms with Crippen LogP contribution < -0.4 is 0 Å². The van der Waals surface area contributed by atoms with Gasteiger partial charge < -0.3 is 14.6 Å². The van der Waals surface area contributed by atoms with Crippen molar-refractivity contribution in [1.82, 2.24) is 0 Å². The van der Waals surface area contributed by atoms with E-state index in [2.05, 4.69) is 50.3 Å². The van der Waals surface area contributed by atoms with Gasteiger partial charge in [-0.1, -0.05) is 410 Å². The van der Waals surface area contributed by atoms with Gasteiger partial charge in [0.25, 0.3) is 0 Å². The number of carbonyl (C=O) groups is 2. The zero-order chi connectivity index (χ0) is 60.5. The first kappa shape index (κ1) is 82.1. The molecule has 0 amide bonds. The molecule has 1 unspecified atom stereocenters. The Labute approximate surface area is 526 Å². The molecular formula is C79H150O5. The maximum Gasteiger partial charge on any atom is 0.306 e. The number of allylic oxidation sites excluding steroid dienone is 6. The number of carbonyl (C=O) groups excluding carboxylic acids is 2. The summed E-state index contributed by atoms with van der Waals surface area (Å²) in [5.74, 6) is -0.565. The van der Waals surface area contributed by atoms with Crippen LogP contribution in [0.5, 0.6) is 0 Å². The van der Waals surface area contributed by atoms with Crippen LogP contribution in [0.2, 0.25) is 0 Å². The molecule has 1 N–H and O–H groups in total. The normalized spacial score (nSPS) is 12.3. The Balaban J connectivity index is 3.36. The Morgan fingerprint density at radius 2 is 0.476 bits per heavy atom. The first-order valence-electron chi connectivity index (χ1n) is 38.5. The van der Waals surface area contributed by atoms with Crippen molar-refractivity contribution in [1.29, 1.82) is 0 Å². The third kappa shape index (κ3) is 72.6. The van der Waals surface area contributed by atoms with Gasteiger partial charge in [0.15, 0.2) is 6.10 Å². The quantitative estimate of drug-likeness (QED) is 0.0373. The molecule has 0 aliphatic carbocycles. The predicted molar refractivity (Wildman–Crippen MR) is 371 cm³/mol. The molecule has 84 heavy (non-hydrogen) atoms. The van der Waals surface area contributed by atoms with E-state index in [-0.39, 0.29) is 25.2 Å². The maximum atomic E-state index is 12.4. The molecule has 0 aliphatic heterocycles. The van der Waals surface area contributed by atoms with Crippen LogP contribution in [-0.2, 0) is 19.1 Å². The van der Waals surface area contributed by atoms with Crippen LogP contribution in [0.1, 0.15) is 438 Å². The van der Waals surface area contributed by atoms with Gasteiger partial charge in [0, 0.05) is 12.8 Å². The van der Waals surface area contributed by atoms with Gasteiger partial charge in [0.2, 0.25) is 0 Å². The van der Waals surface area contributed by atoms with E-state index in [0.29, 0.717) is 12.8 Å². The van der Waals surface area contributed by atoms with Crippen LogP contribution in [0.4, 0.5) is 0 Å². The molecule has 496 valence electrons. The van der Waals surface area contributed by atoms with E-state index in [0.717, 1.165) is 44.9 Å². The standard InChI is InChI=1S/C79H150O5/c1-3-5-7-9-11-13-15-17-19-21-23-25-27-29-31-33-35-36-37-38-39-40-41-42-44-45-47-49-51-53-55-57-59-61-63-65-67-69-71-73-78(81)83-76-77(75-80)84-79(82)74-72-70-68-66-64-62-60-58-56-54-52-50-48-46-43-34-32-30-28-26-24-22-20-18-16-14-12-10-8-6-4-2/h16,18,22,24,28,30,77,80H,3-15,17,19-21,23,25-27,29,31-76H2,1-2H3/b18-16-,24-22-,30-28-. The second-order valence-corrected chi connectivity index (χ2v) is 26.4. The van der Waals surface area contributed by atoms with Crippen LogP contribution in [0.15, 0.2) is 36.5 Å². The van der Waals surface area contributed by atoms with Crippen molar-refractivity contribution in [2.75, 3.05) is 13.2 Å². The molecule has 0 bridgehead atoms. The van der Waals surface area contributed by atoms with Gasteiger partial charge in [0.05, 0.1) is 6.61 Å². The zero-order valence-corrected chi connectivity index (χ0v) is 57.2. The van der Waals surface area contributed by atoms with E-state index in [4.69, 9.17) is 9.47 Å². The SMILES string of the molecule is CCCCCCC/C=C\C/C=C\C/C=C\CCCCCCCCCCCCCCCCCCC(=O)OC(CO)COC(=O)CCCCCCCCCCCCCCCCCCCCCCCCCCCCCCCCCCCCCCCCC. The van der Waals surface area contributed by atoms with Crippen molar-refractivity contribution in [2.45, 2.75) is 444 Å². The van der Waals surface area contributed by atoms with E-state index < -0.39 is 6.10 Å². The molecular weight excluding hydrogens is 1030 g/mol. The number of aliphatic hydroxyl groups excluding tert-OH is 1. The highest BCUT2D eigenvalue weighted by molar-refractivity contribution is 5.70. The monoisotopic (exact) mass is 1180 g/mol. The highest BCUT2D eigenvalue weighted by Gasteiger charge is 2.16. The Kier molecular flexibility index (Phi) is 73.7. The lowest BCUT2D eigenvalue weighted by Crippen LogP contribution is -2.28. The summed E-state index contributed by atoms with van der Waals surface area (Å²) in [5, 5.41) is 9.72. The van der Waals surface area contributed by atoms with Gasteiger partial charge in [-0.2, -0.15) is 0 Å². The van der Waals surface area contributed by atoms with Crippen molar-refractivity contribution in [3.63, 3.8) is 0 Å². The molecule has 5 heteroatoms. The summed E-state index contributed by atoms with van der Waals surface area (Å²) in [6.07, 6.45) is 101. The minimum absolute atomic E-state index is 0.0595. The van der Waals surface area contributed by atoms with Crippen molar-refractivity contribution in [3.8, 4) is 0 Å². The molecule has 0 spiro atoms. The fraction of sp³-hybridized carbons (Fsp3) is 0.899. The number of rotatable bonds is 73. The molecule has 0 fully saturated rings. The van der Waals surface area contributed by atoms with Gasteiger partial charge in [-0.05, 0) is 51.4 Å².